The second-order valence-electron chi connectivity index (χ2n) is 8.42. The highest BCUT2D eigenvalue weighted by Crippen LogP contribution is 2.35. The summed E-state index contributed by atoms with van der Waals surface area (Å²) in [5.41, 5.74) is 2.90. The Bertz CT molecular complexity index is 1190. The van der Waals surface area contributed by atoms with Gasteiger partial charge in [0.1, 0.15) is 5.75 Å². The number of carbonyl (C=O) groups is 3. The molecule has 6 nitrogen and oxygen atoms in total. The average molecular weight is 489 g/mol. The molecule has 0 aliphatic carbocycles. The predicted molar refractivity (Wildman–Crippen MR) is 139 cm³/mol. The lowest BCUT2D eigenvalue weighted by Gasteiger charge is -2.16. The highest BCUT2D eigenvalue weighted by atomic mass is 32.2. The van der Waals surface area contributed by atoms with Crippen LogP contribution >= 0.6 is 11.8 Å². The van der Waals surface area contributed by atoms with Gasteiger partial charge in [0, 0.05) is 22.6 Å². The maximum atomic E-state index is 13.0. The summed E-state index contributed by atoms with van der Waals surface area (Å²) < 4.78 is 5.66. The number of carbonyl (C=O) groups excluding carboxylic acids is 3. The Morgan fingerprint density at radius 2 is 1.69 bits per heavy atom. The van der Waals surface area contributed by atoms with Crippen LogP contribution in [0, 0.1) is 6.92 Å². The molecule has 3 amide bonds. The van der Waals surface area contributed by atoms with Gasteiger partial charge < -0.3 is 10.1 Å². The zero-order chi connectivity index (χ0) is 24.8. The first-order valence-corrected chi connectivity index (χ1v) is 12.6. The van der Waals surface area contributed by atoms with Gasteiger partial charge >= 0.3 is 0 Å². The van der Waals surface area contributed by atoms with Gasteiger partial charge in [-0.05, 0) is 74.0 Å². The first-order valence-electron chi connectivity index (χ1n) is 11.7. The van der Waals surface area contributed by atoms with Crippen molar-refractivity contribution in [3.8, 4) is 5.75 Å². The fourth-order valence-corrected chi connectivity index (χ4v) is 4.74. The SMILES string of the molecule is CCCCOc1ccc(N2C(=O)CC(Sc3ccc(NC(=O)c4ccc(C)cc4)cc3)C2=O)cc1. The number of benzene rings is 3. The molecule has 3 aromatic carbocycles. The van der Waals surface area contributed by atoms with Gasteiger partial charge in [0.25, 0.3) is 5.91 Å². The Labute approximate surface area is 209 Å². The van der Waals surface area contributed by atoms with Crippen molar-refractivity contribution >= 4 is 40.9 Å². The fraction of sp³-hybridized carbons (Fsp3) is 0.250. The number of amides is 3. The van der Waals surface area contributed by atoms with Crippen LogP contribution in [0.25, 0.3) is 0 Å². The minimum atomic E-state index is -0.490. The fourth-order valence-electron chi connectivity index (χ4n) is 3.68. The number of rotatable bonds is 9. The molecule has 1 saturated heterocycles. The van der Waals surface area contributed by atoms with E-state index in [1.54, 1.807) is 48.5 Å². The van der Waals surface area contributed by atoms with Gasteiger partial charge in [0.15, 0.2) is 0 Å². The van der Waals surface area contributed by atoms with E-state index in [0.29, 0.717) is 23.5 Å². The molecule has 1 heterocycles. The molecule has 180 valence electrons. The summed E-state index contributed by atoms with van der Waals surface area (Å²) in [5.74, 6) is 0.103. The van der Waals surface area contributed by atoms with Gasteiger partial charge in [0.05, 0.1) is 17.5 Å². The third-order valence-electron chi connectivity index (χ3n) is 5.67. The largest absolute Gasteiger partial charge is 0.494 e. The Morgan fingerprint density at radius 3 is 2.34 bits per heavy atom. The van der Waals surface area contributed by atoms with Gasteiger partial charge in [-0.2, -0.15) is 0 Å². The Morgan fingerprint density at radius 1 is 1.00 bits per heavy atom. The first kappa shape index (κ1) is 24.5. The normalized spacial score (nSPS) is 15.4. The number of nitrogens with zero attached hydrogens (tertiary/aromatic N) is 1. The van der Waals surface area contributed by atoms with E-state index >= 15 is 0 Å². The number of aryl methyl sites for hydroxylation is 1. The van der Waals surface area contributed by atoms with E-state index in [0.717, 1.165) is 29.1 Å². The molecule has 1 unspecified atom stereocenters. The third kappa shape index (κ3) is 6.11. The Balaban J connectivity index is 1.35. The predicted octanol–water partition coefficient (Wildman–Crippen LogP) is 5.85. The topological polar surface area (TPSA) is 75.7 Å². The van der Waals surface area contributed by atoms with Crippen molar-refractivity contribution in [3.63, 3.8) is 0 Å². The number of unbranched alkanes of at least 4 members (excludes halogenated alkanes) is 1. The van der Waals surface area contributed by atoms with Crippen LogP contribution in [0.4, 0.5) is 11.4 Å². The van der Waals surface area contributed by atoms with E-state index in [1.165, 1.54) is 16.7 Å². The number of nitrogens with one attached hydrogen (secondary N) is 1. The van der Waals surface area contributed by atoms with Gasteiger partial charge in [-0.3, -0.25) is 14.4 Å². The van der Waals surface area contributed by atoms with Crippen molar-refractivity contribution in [2.45, 2.75) is 43.3 Å². The standard InChI is InChI=1S/C28H28N2O4S/c1-3-4-17-34-23-13-11-22(12-14-23)30-26(31)18-25(28(30)33)35-24-15-9-21(10-16-24)29-27(32)20-7-5-19(2)6-8-20/h5-16,25H,3-4,17-18H2,1-2H3,(H,29,32). The molecule has 1 N–H and O–H groups in total. The molecule has 1 fully saturated rings. The number of hydrogen-bond donors (Lipinski definition) is 1. The molecular weight excluding hydrogens is 460 g/mol. The molecule has 1 atom stereocenters. The molecule has 0 aromatic heterocycles. The minimum Gasteiger partial charge on any atom is -0.494 e. The number of thioether (sulfide) groups is 1. The van der Waals surface area contributed by atoms with Crippen molar-refractivity contribution in [2.75, 3.05) is 16.8 Å². The van der Waals surface area contributed by atoms with Gasteiger partial charge in [-0.25, -0.2) is 4.90 Å². The molecule has 0 spiro atoms. The second-order valence-corrected chi connectivity index (χ2v) is 9.69. The van der Waals surface area contributed by atoms with Crippen molar-refractivity contribution in [3.05, 3.63) is 83.9 Å². The molecule has 7 heteroatoms. The van der Waals surface area contributed by atoms with Crippen LogP contribution in [0.3, 0.4) is 0 Å². The Kier molecular flexibility index (Phi) is 7.87. The zero-order valence-electron chi connectivity index (χ0n) is 19.8. The van der Waals surface area contributed by atoms with E-state index in [-0.39, 0.29) is 24.1 Å². The smallest absolute Gasteiger partial charge is 0.255 e. The summed E-state index contributed by atoms with van der Waals surface area (Å²) in [6, 6.07) is 21.7. The summed E-state index contributed by atoms with van der Waals surface area (Å²) in [5, 5.41) is 2.39. The lowest BCUT2D eigenvalue weighted by Crippen LogP contribution is -2.31. The second kappa shape index (κ2) is 11.2. The summed E-state index contributed by atoms with van der Waals surface area (Å²) in [4.78, 5) is 40.2. The molecule has 35 heavy (non-hydrogen) atoms. The van der Waals surface area contributed by atoms with Crippen LogP contribution in [-0.4, -0.2) is 29.6 Å². The third-order valence-corrected chi connectivity index (χ3v) is 6.87. The number of hydrogen-bond acceptors (Lipinski definition) is 5. The number of ether oxygens (including phenoxy) is 1. The maximum Gasteiger partial charge on any atom is 0.255 e. The van der Waals surface area contributed by atoms with Crippen LogP contribution < -0.4 is 15.0 Å². The molecule has 1 aliphatic heterocycles. The summed E-state index contributed by atoms with van der Waals surface area (Å²) in [6.07, 6.45) is 2.17. The summed E-state index contributed by atoms with van der Waals surface area (Å²) in [7, 11) is 0. The van der Waals surface area contributed by atoms with E-state index < -0.39 is 5.25 Å². The summed E-state index contributed by atoms with van der Waals surface area (Å²) >= 11 is 1.35. The lowest BCUT2D eigenvalue weighted by molar-refractivity contribution is -0.121. The van der Waals surface area contributed by atoms with E-state index in [9.17, 15) is 14.4 Å². The number of imide groups is 1. The van der Waals surface area contributed by atoms with Crippen molar-refractivity contribution in [1.29, 1.82) is 0 Å². The number of anilines is 2. The minimum absolute atomic E-state index is 0.143. The van der Waals surface area contributed by atoms with Crippen LogP contribution in [-0.2, 0) is 9.59 Å². The van der Waals surface area contributed by atoms with Crippen LogP contribution in [0.2, 0.25) is 0 Å². The van der Waals surface area contributed by atoms with Crippen LogP contribution in [0.5, 0.6) is 5.75 Å². The quantitative estimate of drug-likeness (QED) is 0.302. The van der Waals surface area contributed by atoms with E-state index in [1.807, 2.05) is 31.2 Å². The van der Waals surface area contributed by atoms with E-state index in [4.69, 9.17) is 4.74 Å². The van der Waals surface area contributed by atoms with Crippen molar-refractivity contribution in [2.24, 2.45) is 0 Å². The molecule has 0 bridgehead atoms. The zero-order valence-corrected chi connectivity index (χ0v) is 20.6. The highest BCUT2D eigenvalue weighted by Gasteiger charge is 2.40. The van der Waals surface area contributed by atoms with Gasteiger partial charge in [-0.1, -0.05) is 31.0 Å². The monoisotopic (exact) mass is 488 g/mol. The van der Waals surface area contributed by atoms with Crippen molar-refractivity contribution in [1.82, 2.24) is 0 Å². The molecule has 0 saturated carbocycles. The molecule has 3 aromatic rings. The Hall–Kier alpha value is -3.58. The lowest BCUT2D eigenvalue weighted by atomic mass is 10.1. The van der Waals surface area contributed by atoms with Gasteiger partial charge in [-0.15, -0.1) is 11.8 Å². The van der Waals surface area contributed by atoms with Crippen LogP contribution in [0.1, 0.15) is 42.1 Å². The average Bonchev–Trinajstić information content (AvgIpc) is 3.14. The first-order chi connectivity index (χ1) is 16.9. The molecule has 1 aliphatic rings. The summed E-state index contributed by atoms with van der Waals surface area (Å²) in [6.45, 7) is 4.72. The molecule has 4 rings (SSSR count). The van der Waals surface area contributed by atoms with Crippen LogP contribution in [0.15, 0.2) is 77.7 Å². The maximum absolute atomic E-state index is 13.0. The van der Waals surface area contributed by atoms with Crippen molar-refractivity contribution < 1.29 is 19.1 Å². The molecule has 0 radical (unpaired) electrons. The van der Waals surface area contributed by atoms with E-state index in [2.05, 4.69) is 12.2 Å². The highest BCUT2D eigenvalue weighted by molar-refractivity contribution is 8.00. The molecular formula is C28H28N2O4S. The van der Waals surface area contributed by atoms with Gasteiger partial charge in [0.2, 0.25) is 11.8 Å².